The van der Waals surface area contributed by atoms with E-state index in [2.05, 4.69) is 14.9 Å². The number of aryl methyl sites for hydroxylation is 2. The number of nitrogens with zero attached hydrogens (tertiary/aromatic N) is 4. The monoisotopic (exact) mass is 310 g/mol. The molecule has 0 saturated carbocycles. The summed E-state index contributed by atoms with van der Waals surface area (Å²) in [5.74, 6) is 0.882. The Morgan fingerprint density at radius 1 is 1.17 bits per heavy atom. The van der Waals surface area contributed by atoms with Crippen molar-refractivity contribution in [3.05, 3.63) is 47.8 Å². The van der Waals surface area contributed by atoms with Crippen LogP contribution >= 0.6 is 0 Å². The third-order valence-corrected chi connectivity index (χ3v) is 4.26. The van der Waals surface area contributed by atoms with Crippen LogP contribution in [0.1, 0.15) is 17.8 Å². The van der Waals surface area contributed by atoms with Crippen molar-refractivity contribution in [1.29, 1.82) is 0 Å². The van der Waals surface area contributed by atoms with E-state index in [1.165, 1.54) is 0 Å². The van der Waals surface area contributed by atoms with Crippen LogP contribution in [0.2, 0.25) is 0 Å². The first-order valence-corrected chi connectivity index (χ1v) is 7.94. The summed E-state index contributed by atoms with van der Waals surface area (Å²) in [5, 5.41) is 0. The number of anilines is 2. The predicted molar refractivity (Wildman–Crippen MR) is 91.7 cm³/mol. The molecule has 23 heavy (non-hydrogen) atoms. The maximum absolute atomic E-state index is 12.7. The van der Waals surface area contributed by atoms with E-state index in [1.54, 1.807) is 4.90 Å². The Morgan fingerprint density at radius 2 is 1.83 bits per heavy atom. The quantitative estimate of drug-likeness (QED) is 0.874. The molecule has 1 fully saturated rings. The molecule has 1 aromatic heterocycles. The fraction of sp³-hybridized carbons (Fsp3) is 0.389. The van der Waals surface area contributed by atoms with E-state index in [0.717, 1.165) is 36.0 Å². The number of hydrogen-bond acceptors (Lipinski definition) is 4. The molecule has 1 atom stereocenters. The van der Waals surface area contributed by atoms with Crippen molar-refractivity contribution >= 4 is 17.5 Å². The molecule has 0 spiro atoms. The maximum Gasteiger partial charge on any atom is 0.231 e. The predicted octanol–water partition coefficient (Wildman–Crippen LogP) is 2.58. The van der Waals surface area contributed by atoms with Gasteiger partial charge >= 0.3 is 0 Å². The Bertz CT molecular complexity index is 681. The number of para-hydroxylation sites is 1. The third-order valence-electron chi connectivity index (χ3n) is 4.26. The minimum atomic E-state index is -0.00961. The Morgan fingerprint density at radius 3 is 2.48 bits per heavy atom. The van der Waals surface area contributed by atoms with E-state index >= 15 is 0 Å². The van der Waals surface area contributed by atoms with Crippen molar-refractivity contribution in [3.8, 4) is 0 Å². The minimum absolute atomic E-state index is 0.00961. The van der Waals surface area contributed by atoms with Crippen LogP contribution in [0.25, 0.3) is 0 Å². The highest BCUT2D eigenvalue weighted by molar-refractivity contribution is 5.95. The van der Waals surface area contributed by atoms with Crippen LogP contribution in [-0.2, 0) is 4.79 Å². The lowest BCUT2D eigenvalue weighted by Crippen LogP contribution is -2.34. The van der Waals surface area contributed by atoms with Gasteiger partial charge in [-0.15, -0.1) is 0 Å². The molecule has 0 bridgehead atoms. The lowest BCUT2D eigenvalue weighted by Gasteiger charge is -2.22. The van der Waals surface area contributed by atoms with Gasteiger partial charge in [-0.25, -0.2) is 9.97 Å². The van der Waals surface area contributed by atoms with E-state index in [9.17, 15) is 4.79 Å². The number of amides is 1. The zero-order chi connectivity index (χ0) is 16.4. The topological polar surface area (TPSA) is 49.3 Å². The highest BCUT2D eigenvalue weighted by Gasteiger charge is 2.32. The third kappa shape index (κ3) is 3.33. The van der Waals surface area contributed by atoms with Gasteiger partial charge < -0.3 is 9.80 Å². The molecule has 1 aliphatic rings. The summed E-state index contributed by atoms with van der Waals surface area (Å²) >= 11 is 0. The zero-order valence-corrected chi connectivity index (χ0v) is 13.9. The highest BCUT2D eigenvalue weighted by Crippen LogP contribution is 2.24. The van der Waals surface area contributed by atoms with Gasteiger partial charge in [0.1, 0.15) is 0 Å². The Labute approximate surface area is 137 Å². The number of hydrogen-bond donors (Lipinski definition) is 0. The van der Waals surface area contributed by atoms with Crippen LogP contribution in [0.5, 0.6) is 0 Å². The molecule has 1 saturated heterocycles. The summed E-state index contributed by atoms with van der Waals surface area (Å²) in [6.45, 7) is 5.45. The van der Waals surface area contributed by atoms with Gasteiger partial charge in [0, 0.05) is 37.2 Å². The molecule has 1 unspecified atom stereocenters. The summed E-state index contributed by atoms with van der Waals surface area (Å²) in [6, 6.07) is 11.7. The van der Waals surface area contributed by atoms with Crippen LogP contribution < -0.4 is 9.80 Å². The van der Waals surface area contributed by atoms with E-state index < -0.39 is 0 Å². The molecular formula is C18H22N4O. The van der Waals surface area contributed by atoms with Gasteiger partial charge in [0.25, 0.3) is 0 Å². The summed E-state index contributed by atoms with van der Waals surface area (Å²) < 4.78 is 0. The number of carbonyl (C=O) groups excluding carboxylic acids is 1. The van der Waals surface area contributed by atoms with Gasteiger partial charge in [0.05, 0.1) is 5.92 Å². The molecule has 1 amide bonds. The van der Waals surface area contributed by atoms with Crippen LogP contribution in [0.3, 0.4) is 0 Å². The Hall–Kier alpha value is -2.43. The van der Waals surface area contributed by atoms with Gasteiger partial charge in [-0.3, -0.25) is 4.79 Å². The molecular weight excluding hydrogens is 288 g/mol. The van der Waals surface area contributed by atoms with E-state index in [0.29, 0.717) is 6.54 Å². The molecule has 5 heteroatoms. The van der Waals surface area contributed by atoms with Gasteiger partial charge in [0.2, 0.25) is 11.9 Å². The summed E-state index contributed by atoms with van der Waals surface area (Å²) in [4.78, 5) is 25.6. The van der Waals surface area contributed by atoms with Gasteiger partial charge in [0.15, 0.2) is 0 Å². The maximum atomic E-state index is 12.7. The first-order valence-electron chi connectivity index (χ1n) is 7.94. The number of benzene rings is 1. The smallest absolute Gasteiger partial charge is 0.231 e. The number of aromatic nitrogens is 2. The largest absolute Gasteiger partial charge is 0.340 e. The average molecular weight is 310 g/mol. The van der Waals surface area contributed by atoms with Gasteiger partial charge in [-0.1, -0.05) is 18.2 Å². The van der Waals surface area contributed by atoms with E-state index in [1.807, 2.05) is 57.3 Å². The molecule has 0 radical (unpaired) electrons. The van der Waals surface area contributed by atoms with Crippen molar-refractivity contribution in [2.45, 2.75) is 20.3 Å². The standard InChI is InChI=1S/C18H22N4O/c1-13-11-14(2)20-18(19-13)22-10-9-15(12-22)17(23)21(3)16-7-5-4-6-8-16/h4-8,11,15H,9-10,12H2,1-3H3. The van der Waals surface area contributed by atoms with Crippen LogP contribution in [0.4, 0.5) is 11.6 Å². The Kier molecular flexibility index (Phi) is 4.28. The SMILES string of the molecule is Cc1cc(C)nc(N2CCC(C(=O)N(C)c3ccccc3)C2)n1. The van der Waals surface area contributed by atoms with Crippen LogP contribution in [-0.4, -0.2) is 36.0 Å². The van der Waals surface area contributed by atoms with Crippen LogP contribution in [0, 0.1) is 19.8 Å². The lowest BCUT2D eigenvalue weighted by molar-refractivity contribution is -0.121. The van der Waals surface area contributed by atoms with Crippen molar-refractivity contribution in [3.63, 3.8) is 0 Å². The van der Waals surface area contributed by atoms with Crippen molar-refractivity contribution < 1.29 is 4.79 Å². The van der Waals surface area contributed by atoms with Crippen LogP contribution in [0.15, 0.2) is 36.4 Å². The fourth-order valence-corrected chi connectivity index (χ4v) is 3.04. The van der Waals surface area contributed by atoms with Gasteiger partial charge in [-0.05, 0) is 38.5 Å². The molecule has 120 valence electrons. The normalized spacial score (nSPS) is 17.3. The highest BCUT2D eigenvalue weighted by atomic mass is 16.2. The second-order valence-corrected chi connectivity index (χ2v) is 6.12. The van der Waals surface area contributed by atoms with Crippen molar-refractivity contribution in [1.82, 2.24) is 9.97 Å². The van der Waals surface area contributed by atoms with Crippen molar-refractivity contribution in [2.75, 3.05) is 29.9 Å². The second-order valence-electron chi connectivity index (χ2n) is 6.12. The lowest BCUT2D eigenvalue weighted by atomic mass is 10.1. The molecule has 2 heterocycles. The summed E-state index contributed by atoms with van der Waals surface area (Å²) in [7, 11) is 1.84. The Balaban J connectivity index is 1.71. The molecule has 1 aliphatic heterocycles. The summed E-state index contributed by atoms with van der Waals surface area (Å²) in [5.41, 5.74) is 2.85. The molecule has 3 rings (SSSR count). The van der Waals surface area contributed by atoms with E-state index in [-0.39, 0.29) is 11.8 Å². The summed E-state index contributed by atoms with van der Waals surface area (Å²) in [6.07, 6.45) is 0.840. The molecule has 5 nitrogen and oxygen atoms in total. The first kappa shape index (κ1) is 15.5. The molecule has 1 aromatic carbocycles. The van der Waals surface area contributed by atoms with Gasteiger partial charge in [-0.2, -0.15) is 0 Å². The first-order chi connectivity index (χ1) is 11.0. The fourth-order valence-electron chi connectivity index (χ4n) is 3.04. The van der Waals surface area contributed by atoms with E-state index in [4.69, 9.17) is 0 Å². The number of rotatable bonds is 3. The molecule has 0 N–H and O–H groups in total. The second kappa shape index (κ2) is 6.36. The average Bonchev–Trinajstić information content (AvgIpc) is 3.03. The van der Waals surface area contributed by atoms with Crippen molar-refractivity contribution in [2.24, 2.45) is 5.92 Å². The molecule has 2 aromatic rings. The minimum Gasteiger partial charge on any atom is -0.340 e. The zero-order valence-electron chi connectivity index (χ0n) is 13.9. The molecule has 0 aliphatic carbocycles. The number of carbonyl (C=O) groups is 1.